The zero-order chi connectivity index (χ0) is 17.0. The van der Waals surface area contributed by atoms with E-state index in [0.717, 1.165) is 29.8 Å². The lowest BCUT2D eigenvalue weighted by atomic mass is 9.64. The Labute approximate surface area is 141 Å². The number of carbonyl (C=O) groups excluding carboxylic acids is 1. The van der Waals surface area contributed by atoms with Gasteiger partial charge in [0.15, 0.2) is 0 Å². The van der Waals surface area contributed by atoms with Gasteiger partial charge in [0.05, 0.1) is 11.1 Å². The lowest BCUT2D eigenvalue weighted by Gasteiger charge is -2.39. The highest BCUT2D eigenvalue weighted by Gasteiger charge is 2.71. The highest BCUT2D eigenvalue weighted by Crippen LogP contribution is 2.71. The van der Waals surface area contributed by atoms with Crippen LogP contribution < -0.4 is 5.32 Å². The smallest absolute Gasteiger partial charge is 0.231 e. The fourth-order valence-corrected chi connectivity index (χ4v) is 4.68. The normalized spacial score (nSPS) is 33.2. The van der Waals surface area contributed by atoms with Crippen molar-refractivity contribution in [3.8, 4) is 0 Å². The molecule has 1 aromatic rings. The van der Waals surface area contributed by atoms with Crippen molar-refractivity contribution in [2.75, 3.05) is 5.32 Å². The summed E-state index contributed by atoms with van der Waals surface area (Å²) in [5.41, 5.74) is 1.42. The molecular formula is C18H23ClN2O2. The molecule has 0 aliphatic heterocycles. The number of nitrogens with zero attached hydrogens (tertiary/aromatic N) is 1. The summed E-state index contributed by atoms with van der Waals surface area (Å²) in [5, 5.41) is 16.6. The lowest BCUT2D eigenvalue weighted by molar-refractivity contribution is -0.130. The van der Waals surface area contributed by atoms with Gasteiger partial charge in [-0.1, -0.05) is 43.6 Å². The zero-order valence-corrected chi connectivity index (χ0v) is 14.8. The minimum atomic E-state index is -0.544. The first-order chi connectivity index (χ1) is 10.7. The Morgan fingerprint density at radius 2 is 2.00 bits per heavy atom. The second-order valence-corrected chi connectivity index (χ2v) is 8.11. The first-order valence-electron chi connectivity index (χ1n) is 7.97. The van der Waals surface area contributed by atoms with Crippen molar-refractivity contribution >= 4 is 28.9 Å². The summed E-state index contributed by atoms with van der Waals surface area (Å²) >= 11 is 6.06. The molecule has 5 heteroatoms. The maximum Gasteiger partial charge on any atom is 0.231 e. The van der Waals surface area contributed by atoms with E-state index >= 15 is 0 Å². The second kappa shape index (κ2) is 4.97. The number of aryl methyl sites for hydroxylation is 1. The van der Waals surface area contributed by atoms with Crippen LogP contribution in [0.2, 0.25) is 5.02 Å². The van der Waals surface area contributed by atoms with Gasteiger partial charge in [0.2, 0.25) is 5.91 Å². The number of oxime groups is 1. The molecule has 3 rings (SSSR count). The SMILES string of the molecule is Cc1ccc(Cl)cc1NC(=O)C12CCC(C)(/C(=N/O)C1)C2(C)C. The average molecular weight is 335 g/mol. The molecule has 2 aliphatic carbocycles. The fraction of sp³-hybridized carbons (Fsp3) is 0.556. The number of halogens is 1. The highest BCUT2D eigenvalue weighted by atomic mass is 35.5. The molecule has 4 nitrogen and oxygen atoms in total. The van der Waals surface area contributed by atoms with Gasteiger partial charge in [0, 0.05) is 22.5 Å². The van der Waals surface area contributed by atoms with Crippen LogP contribution in [0.25, 0.3) is 0 Å². The van der Waals surface area contributed by atoms with Crippen LogP contribution in [0.15, 0.2) is 23.4 Å². The molecule has 0 radical (unpaired) electrons. The van der Waals surface area contributed by atoms with Crippen LogP contribution in [0.4, 0.5) is 5.69 Å². The van der Waals surface area contributed by atoms with Gasteiger partial charge in [-0.25, -0.2) is 0 Å². The van der Waals surface area contributed by atoms with Gasteiger partial charge >= 0.3 is 0 Å². The molecule has 2 bridgehead atoms. The van der Waals surface area contributed by atoms with Crippen molar-refractivity contribution in [3.05, 3.63) is 28.8 Å². The van der Waals surface area contributed by atoms with Crippen molar-refractivity contribution < 1.29 is 10.0 Å². The molecule has 0 aromatic heterocycles. The van der Waals surface area contributed by atoms with Gasteiger partial charge < -0.3 is 10.5 Å². The van der Waals surface area contributed by atoms with Crippen LogP contribution in [-0.2, 0) is 4.79 Å². The molecule has 2 saturated carbocycles. The molecular weight excluding hydrogens is 312 g/mol. The van der Waals surface area contributed by atoms with E-state index < -0.39 is 5.41 Å². The highest BCUT2D eigenvalue weighted by molar-refractivity contribution is 6.31. The number of benzene rings is 1. The summed E-state index contributed by atoms with van der Waals surface area (Å²) in [6, 6.07) is 5.49. The molecule has 2 unspecified atom stereocenters. The Morgan fingerprint density at radius 3 is 2.61 bits per heavy atom. The van der Waals surface area contributed by atoms with Crippen LogP contribution in [0.5, 0.6) is 0 Å². The summed E-state index contributed by atoms with van der Waals surface area (Å²) in [4.78, 5) is 13.2. The second-order valence-electron chi connectivity index (χ2n) is 7.68. The standard InChI is InChI=1S/C18H23ClN2O2/c1-11-5-6-12(19)9-13(11)20-15(22)18-8-7-17(4,16(18,2)3)14(10-18)21-23/h5-6,9,23H,7-8,10H2,1-4H3,(H,20,22)/b21-14+. The fourth-order valence-electron chi connectivity index (χ4n) is 4.51. The van der Waals surface area contributed by atoms with Crippen molar-refractivity contribution in [1.82, 2.24) is 0 Å². The molecule has 23 heavy (non-hydrogen) atoms. The Hall–Kier alpha value is -1.55. The largest absolute Gasteiger partial charge is 0.411 e. The van der Waals surface area contributed by atoms with E-state index in [1.54, 1.807) is 6.07 Å². The Bertz CT molecular complexity index is 713. The number of hydrogen-bond acceptors (Lipinski definition) is 3. The molecule has 2 aliphatic rings. The summed E-state index contributed by atoms with van der Waals surface area (Å²) in [6.45, 7) is 8.28. The molecule has 1 aromatic carbocycles. The zero-order valence-electron chi connectivity index (χ0n) is 14.0. The first kappa shape index (κ1) is 16.3. The average Bonchev–Trinajstić information content (AvgIpc) is 2.80. The van der Waals surface area contributed by atoms with E-state index in [1.165, 1.54) is 0 Å². The van der Waals surface area contributed by atoms with Gasteiger partial charge in [-0.15, -0.1) is 0 Å². The first-order valence-corrected chi connectivity index (χ1v) is 8.35. The van der Waals surface area contributed by atoms with Gasteiger partial charge in [0.25, 0.3) is 0 Å². The molecule has 0 saturated heterocycles. The maximum atomic E-state index is 13.2. The minimum Gasteiger partial charge on any atom is -0.411 e. The number of carbonyl (C=O) groups is 1. The number of rotatable bonds is 2. The van der Waals surface area contributed by atoms with E-state index in [-0.39, 0.29) is 16.7 Å². The predicted octanol–water partition coefficient (Wildman–Crippen LogP) is 4.63. The third-order valence-corrected chi connectivity index (χ3v) is 6.97. The molecule has 1 amide bonds. The van der Waals surface area contributed by atoms with E-state index in [9.17, 15) is 10.0 Å². The van der Waals surface area contributed by atoms with Gasteiger partial charge in [-0.05, 0) is 42.9 Å². The minimum absolute atomic E-state index is 0.00441. The number of hydrogen-bond donors (Lipinski definition) is 2. The van der Waals surface area contributed by atoms with Crippen molar-refractivity contribution in [2.45, 2.75) is 47.0 Å². The van der Waals surface area contributed by atoms with Crippen LogP contribution in [-0.4, -0.2) is 16.8 Å². The predicted molar refractivity (Wildman–Crippen MR) is 92.2 cm³/mol. The van der Waals surface area contributed by atoms with Gasteiger partial charge in [0.1, 0.15) is 0 Å². The Kier molecular flexibility index (Phi) is 3.53. The summed E-state index contributed by atoms with van der Waals surface area (Å²) in [5.74, 6) is -0.00441. The van der Waals surface area contributed by atoms with Crippen molar-refractivity contribution in [1.29, 1.82) is 0 Å². The van der Waals surface area contributed by atoms with Crippen LogP contribution >= 0.6 is 11.6 Å². The molecule has 0 heterocycles. The maximum absolute atomic E-state index is 13.2. The number of nitrogens with one attached hydrogen (secondary N) is 1. The quantitative estimate of drug-likeness (QED) is 0.611. The Morgan fingerprint density at radius 1 is 1.30 bits per heavy atom. The number of fused-ring (bicyclic) bond motifs is 2. The van der Waals surface area contributed by atoms with Gasteiger partial charge in [-0.2, -0.15) is 0 Å². The lowest BCUT2D eigenvalue weighted by Crippen LogP contribution is -2.43. The summed E-state index contributed by atoms with van der Waals surface area (Å²) < 4.78 is 0. The summed E-state index contributed by atoms with van der Waals surface area (Å²) in [7, 11) is 0. The molecule has 0 spiro atoms. The molecule has 2 fully saturated rings. The van der Waals surface area contributed by atoms with Crippen LogP contribution in [0, 0.1) is 23.2 Å². The number of amides is 1. The van der Waals surface area contributed by atoms with Crippen molar-refractivity contribution in [2.24, 2.45) is 21.4 Å². The third-order valence-electron chi connectivity index (χ3n) is 6.74. The molecule has 2 N–H and O–H groups in total. The van der Waals surface area contributed by atoms with Crippen LogP contribution in [0.3, 0.4) is 0 Å². The van der Waals surface area contributed by atoms with Crippen molar-refractivity contribution in [3.63, 3.8) is 0 Å². The molecule has 124 valence electrons. The third kappa shape index (κ3) is 1.97. The van der Waals surface area contributed by atoms with E-state index in [1.807, 2.05) is 19.1 Å². The van der Waals surface area contributed by atoms with E-state index in [4.69, 9.17) is 11.6 Å². The topological polar surface area (TPSA) is 61.7 Å². The number of anilines is 1. The van der Waals surface area contributed by atoms with E-state index in [0.29, 0.717) is 11.4 Å². The molecule has 2 atom stereocenters. The van der Waals surface area contributed by atoms with E-state index in [2.05, 4.69) is 31.2 Å². The van der Waals surface area contributed by atoms with Crippen LogP contribution in [0.1, 0.15) is 45.6 Å². The monoisotopic (exact) mass is 334 g/mol. The van der Waals surface area contributed by atoms with Gasteiger partial charge in [-0.3, -0.25) is 4.79 Å². The Balaban J connectivity index is 1.98. The summed E-state index contributed by atoms with van der Waals surface area (Å²) in [6.07, 6.45) is 2.18.